The molecule has 0 aliphatic heterocycles. The van der Waals surface area contributed by atoms with Gasteiger partial charge in [-0.05, 0) is 104 Å². The molecule has 12 aromatic rings. The lowest BCUT2D eigenvalue weighted by Gasteiger charge is -2.27. The Bertz CT molecular complexity index is 3550. The summed E-state index contributed by atoms with van der Waals surface area (Å²) in [6.07, 6.45) is 0. The van der Waals surface area contributed by atoms with E-state index in [1.54, 1.807) is 0 Å². The summed E-state index contributed by atoms with van der Waals surface area (Å²) in [4.78, 5) is 2.37. The summed E-state index contributed by atoms with van der Waals surface area (Å²) in [5, 5.41) is 9.08. The molecule has 3 nitrogen and oxygen atoms in total. The van der Waals surface area contributed by atoms with E-state index in [0.717, 1.165) is 99.7 Å². The molecule has 3 heteroatoms. The number of hydrogen-bond acceptors (Lipinski definition) is 3. The Morgan fingerprint density at radius 3 is 1.63 bits per heavy atom. The van der Waals surface area contributed by atoms with Crippen molar-refractivity contribution in [3.8, 4) is 33.4 Å². The maximum Gasteiger partial charge on any atom is 0.159 e. The average molecular weight is 754 g/mol. The Morgan fingerprint density at radius 1 is 0.305 bits per heavy atom. The van der Waals surface area contributed by atoms with Gasteiger partial charge in [0, 0.05) is 27.4 Å². The van der Waals surface area contributed by atoms with Gasteiger partial charge in [-0.1, -0.05) is 158 Å². The first kappa shape index (κ1) is 33.3. The number of benzene rings is 10. The highest BCUT2D eigenvalue weighted by Crippen LogP contribution is 2.49. The van der Waals surface area contributed by atoms with E-state index in [0.29, 0.717) is 0 Å². The second-order valence-corrected chi connectivity index (χ2v) is 15.2. The van der Waals surface area contributed by atoms with Crippen LogP contribution in [0.2, 0.25) is 0 Å². The molecule has 0 amide bonds. The highest BCUT2D eigenvalue weighted by molar-refractivity contribution is 6.20. The molecule has 0 spiro atoms. The zero-order valence-corrected chi connectivity index (χ0v) is 32.0. The molecule has 2 heterocycles. The second-order valence-electron chi connectivity index (χ2n) is 15.2. The van der Waals surface area contributed by atoms with Gasteiger partial charge < -0.3 is 13.7 Å². The average Bonchev–Trinajstić information content (AvgIpc) is 3.89. The first-order valence-corrected chi connectivity index (χ1v) is 20.1. The van der Waals surface area contributed by atoms with Crippen LogP contribution < -0.4 is 4.90 Å². The smallest absolute Gasteiger partial charge is 0.159 e. The van der Waals surface area contributed by atoms with E-state index in [4.69, 9.17) is 8.83 Å². The molecule has 12 rings (SSSR count). The van der Waals surface area contributed by atoms with Crippen LogP contribution in [0, 0.1) is 0 Å². The molecule has 59 heavy (non-hydrogen) atoms. The van der Waals surface area contributed by atoms with Gasteiger partial charge >= 0.3 is 0 Å². The molecule has 0 unspecified atom stereocenters. The molecular weight excluding hydrogens is 719 g/mol. The third kappa shape index (κ3) is 5.44. The van der Waals surface area contributed by atoms with E-state index in [1.165, 1.54) is 16.2 Å². The number of furan rings is 2. The Morgan fingerprint density at radius 2 is 0.881 bits per heavy atom. The van der Waals surface area contributed by atoms with E-state index in [-0.39, 0.29) is 0 Å². The van der Waals surface area contributed by atoms with Crippen molar-refractivity contribution < 1.29 is 8.83 Å². The summed E-state index contributed by atoms with van der Waals surface area (Å²) in [5.41, 5.74) is 13.0. The monoisotopic (exact) mass is 753 g/mol. The summed E-state index contributed by atoms with van der Waals surface area (Å²) in [7, 11) is 0. The molecule has 0 saturated heterocycles. The molecule has 0 N–H and O–H groups in total. The number of hydrogen-bond donors (Lipinski definition) is 0. The van der Waals surface area contributed by atoms with Crippen LogP contribution in [0.15, 0.2) is 221 Å². The van der Waals surface area contributed by atoms with Crippen molar-refractivity contribution in [3.05, 3.63) is 212 Å². The Kier molecular flexibility index (Phi) is 7.54. The normalized spacial score (nSPS) is 11.7. The van der Waals surface area contributed by atoms with Gasteiger partial charge in [0.15, 0.2) is 5.58 Å². The minimum Gasteiger partial charge on any atom is -0.455 e. The van der Waals surface area contributed by atoms with Gasteiger partial charge in [0.1, 0.15) is 16.7 Å². The van der Waals surface area contributed by atoms with E-state index in [2.05, 4.69) is 211 Å². The Balaban J connectivity index is 1.15. The molecular formula is C56H35NO2. The van der Waals surface area contributed by atoms with Crippen molar-refractivity contribution in [2.75, 3.05) is 4.90 Å². The van der Waals surface area contributed by atoms with Gasteiger partial charge in [0.05, 0.1) is 16.8 Å². The fourth-order valence-electron chi connectivity index (χ4n) is 9.02. The van der Waals surface area contributed by atoms with Crippen LogP contribution in [0.3, 0.4) is 0 Å². The molecule has 10 aromatic carbocycles. The van der Waals surface area contributed by atoms with E-state index in [9.17, 15) is 0 Å². The van der Waals surface area contributed by atoms with Crippen LogP contribution in [-0.4, -0.2) is 0 Å². The highest BCUT2D eigenvalue weighted by atomic mass is 16.3. The summed E-state index contributed by atoms with van der Waals surface area (Å²) in [6, 6.07) is 75.5. The first-order chi connectivity index (χ1) is 29.2. The van der Waals surface area contributed by atoms with Crippen LogP contribution in [0.5, 0.6) is 0 Å². The van der Waals surface area contributed by atoms with Gasteiger partial charge in [-0.25, -0.2) is 0 Å². The lowest BCUT2D eigenvalue weighted by molar-refractivity contribution is 0.668. The van der Waals surface area contributed by atoms with Crippen molar-refractivity contribution in [1.29, 1.82) is 0 Å². The third-order valence-electron chi connectivity index (χ3n) is 11.8. The Labute approximate surface area is 340 Å². The van der Waals surface area contributed by atoms with Gasteiger partial charge in [-0.2, -0.15) is 0 Å². The minimum absolute atomic E-state index is 0.825. The van der Waals surface area contributed by atoms with Crippen molar-refractivity contribution in [3.63, 3.8) is 0 Å². The number of nitrogens with zero attached hydrogens (tertiary/aromatic N) is 1. The van der Waals surface area contributed by atoms with Gasteiger partial charge in [-0.3, -0.25) is 0 Å². The summed E-state index contributed by atoms with van der Waals surface area (Å²) in [6.45, 7) is 0. The van der Waals surface area contributed by atoms with Crippen LogP contribution in [0.1, 0.15) is 0 Å². The fourth-order valence-corrected chi connectivity index (χ4v) is 9.02. The minimum atomic E-state index is 0.825. The molecule has 0 radical (unpaired) electrons. The van der Waals surface area contributed by atoms with Crippen molar-refractivity contribution in [2.45, 2.75) is 0 Å². The SMILES string of the molecule is c1ccc(-c2ccc3c(c2)oc2c(N(c4ccc5c(ccc6ccccc65)c4)c4ccc(-c5ccccc5)c5oc6cc(-c7ccccc7)ccc6c45)cccc23)cc1. The number of anilines is 3. The molecule has 2 aromatic heterocycles. The van der Waals surface area contributed by atoms with Crippen LogP contribution >= 0.6 is 0 Å². The van der Waals surface area contributed by atoms with E-state index < -0.39 is 0 Å². The highest BCUT2D eigenvalue weighted by Gasteiger charge is 2.25. The summed E-state index contributed by atoms with van der Waals surface area (Å²) in [5.74, 6) is 0. The van der Waals surface area contributed by atoms with Crippen LogP contribution in [0.4, 0.5) is 17.1 Å². The molecule has 0 bridgehead atoms. The molecule has 0 aliphatic carbocycles. The molecule has 276 valence electrons. The van der Waals surface area contributed by atoms with E-state index >= 15 is 0 Å². The predicted molar refractivity (Wildman–Crippen MR) is 247 cm³/mol. The van der Waals surface area contributed by atoms with Gasteiger partial charge in [0.2, 0.25) is 0 Å². The summed E-state index contributed by atoms with van der Waals surface area (Å²) < 4.78 is 14.0. The Hall–Kier alpha value is -7.88. The molecule has 0 fully saturated rings. The standard InChI is InChI=1S/C56H35NO2/c1-4-13-36(14-5-1)40-25-28-47-48-21-12-22-51(55(48)58-52(47)34-40)57(43-27-30-45-42(33-43)24-23-39-19-10-11-20-44(39)45)50-32-31-46(38-17-8-3-9-18-38)56-54(50)49-29-26-41(35-53(49)59-56)37-15-6-2-7-16-37/h1-35H. The molecule has 0 saturated carbocycles. The van der Waals surface area contributed by atoms with Crippen LogP contribution in [0.25, 0.3) is 98.8 Å². The predicted octanol–water partition coefficient (Wildman–Crippen LogP) is 16.3. The van der Waals surface area contributed by atoms with E-state index in [1.807, 2.05) is 6.07 Å². The number of rotatable bonds is 6. The van der Waals surface area contributed by atoms with Crippen molar-refractivity contribution in [1.82, 2.24) is 0 Å². The molecule has 0 aliphatic rings. The lowest BCUT2D eigenvalue weighted by atomic mass is 9.98. The topological polar surface area (TPSA) is 29.5 Å². The van der Waals surface area contributed by atoms with Crippen molar-refractivity contribution >= 4 is 82.5 Å². The fraction of sp³-hybridized carbons (Fsp3) is 0. The van der Waals surface area contributed by atoms with Crippen LogP contribution in [-0.2, 0) is 0 Å². The first-order valence-electron chi connectivity index (χ1n) is 20.1. The largest absolute Gasteiger partial charge is 0.455 e. The summed E-state index contributed by atoms with van der Waals surface area (Å²) >= 11 is 0. The second kappa shape index (κ2) is 13.4. The number of fused-ring (bicyclic) bond motifs is 9. The lowest BCUT2D eigenvalue weighted by Crippen LogP contribution is -2.11. The molecule has 0 atom stereocenters. The van der Waals surface area contributed by atoms with Gasteiger partial charge in [-0.15, -0.1) is 0 Å². The van der Waals surface area contributed by atoms with Gasteiger partial charge in [0.25, 0.3) is 0 Å². The zero-order valence-electron chi connectivity index (χ0n) is 32.0. The maximum atomic E-state index is 7.02. The maximum absolute atomic E-state index is 7.02. The quantitative estimate of drug-likeness (QED) is 0.158. The number of para-hydroxylation sites is 1. The third-order valence-corrected chi connectivity index (χ3v) is 11.8. The zero-order chi connectivity index (χ0) is 38.9. The van der Waals surface area contributed by atoms with Crippen molar-refractivity contribution in [2.24, 2.45) is 0 Å².